The Labute approximate surface area is 103 Å². The summed E-state index contributed by atoms with van der Waals surface area (Å²) in [6, 6.07) is 3.60. The van der Waals surface area contributed by atoms with E-state index in [1.807, 2.05) is 19.9 Å². The summed E-state index contributed by atoms with van der Waals surface area (Å²) in [4.78, 5) is 11.2. The van der Waals surface area contributed by atoms with Crippen LogP contribution < -0.4 is 5.32 Å². The van der Waals surface area contributed by atoms with Crippen molar-refractivity contribution in [3.8, 4) is 0 Å². The van der Waals surface area contributed by atoms with Gasteiger partial charge in [-0.25, -0.2) is 0 Å². The van der Waals surface area contributed by atoms with E-state index in [0.717, 1.165) is 5.76 Å². The van der Waals surface area contributed by atoms with E-state index in [4.69, 9.17) is 4.42 Å². The summed E-state index contributed by atoms with van der Waals surface area (Å²) in [5.74, 6) is -0.0949. The zero-order valence-corrected chi connectivity index (χ0v) is 11.0. The van der Waals surface area contributed by atoms with E-state index in [1.165, 1.54) is 0 Å². The Hall–Kier alpha value is -0.810. The highest BCUT2D eigenvalue weighted by Gasteiger charge is 2.34. The van der Waals surface area contributed by atoms with E-state index >= 15 is 0 Å². The predicted octanol–water partition coefficient (Wildman–Crippen LogP) is 2.78. The number of carboxylic acid groups (broad SMARTS) is 1. The van der Waals surface area contributed by atoms with Gasteiger partial charge in [0.25, 0.3) is 0 Å². The minimum Gasteiger partial charge on any atom is -0.480 e. The lowest BCUT2D eigenvalue weighted by Crippen LogP contribution is -2.50. The van der Waals surface area contributed by atoms with Gasteiger partial charge in [0.2, 0.25) is 0 Å². The quantitative estimate of drug-likeness (QED) is 0.845. The van der Waals surface area contributed by atoms with Crippen LogP contribution in [0.15, 0.2) is 21.2 Å². The first-order valence-electron chi connectivity index (χ1n) is 5.26. The Morgan fingerprint density at radius 1 is 1.50 bits per heavy atom. The molecule has 0 unspecified atom stereocenters. The van der Waals surface area contributed by atoms with E-state index < -0.39 is 11.5 Å². The molecule has 0 aliphatic heterocycles. The van der Waals surface area contributed by atoms with Gasteiger partial charge in [0.15, 0.2) is 4.67 Å². The molecule has 0 saturated heterocycles. The second-order valence-corrected chi connectivity index (χ2v) is 4.44. The first kappa shape index (κ1) is 13.3. The third kappa shape index (κ3) is 2.86. The summed E-state index contributed by atoms with van der Waals surface area (Å²) in [5, 5.41) is 12.3. The average Bonchev–Trinajstić information content (AvgIpc) is 2.66. The normalized spacial score (nSPS) is 11.7. The monoisotopic (exact) mass is 289 g/mol. The minimum atomic E-state index is -0.862. The highest BCUT2D eigenvalue weighted by Crippen LogP contribution is 2.18. The number of carbonyl (C=O) groups is 1. The average molecular weight is 290 g/mol. The standard InChI is InChI=1S/C11H16BrNO3/c1-3-11(4-2,10(14)15)13-7-8-5-6-9(12)16-8/h5-6,13H,3-4,7H2,1-2H3,(H,14,15). The van der Waals surface area contributed by atoms with Crippen molar-refractivity contribution < 1.29 is 14.3 Å². The molecule has 0 aliphatic carbocycles. The van der Waals surface area contributed by atoms with Gasteiger partial charge in [0.1, 0.15) is 11.3 Å². The molecule has 5 heteroatoms. The molecule has 1 aromatic rings. The highest BCUT2D eigenvalue weighted by molar-refractivity contribution is 9.10. The molecule has 90 valence electrons. The molecule has 0 aliphatic rings. The van der Waals surface area contributed by atoms with E-state index in [2.05, 4.69) is 21.2 Å². The van der Waals surface area contributed by atoms with Crippen molar-refractivity contribution in [2.45, 2.75) is 38.8 Å². The van der Waals surface area contributed by atoms with Crippen LogP contribution in [-0.2, 0) is 11.3 Å². The van der Waals surface area contributed by atoms with Gasteiger partial charge in [-0.05, 0) is 40.9 Å². The second kappa shape index (κ2) is 5.50. The molecule has 1 rings (SSSR count). The fourth-order valence-electron chi connectivity index (χ4n) is 1.58. The molecule has 0 spiro atoms. The van der Waals surface area contributed by atoms with Gasteiger partial charge in [-0.3, -0.25) is 10.1 Å². The van der Waals surface area contributed by atoms with Crippen LogP contribution in [0, 0.1) is 0 Å². The largest absolute Gasteiger partial charge is 0.480 e. The maximum atomic E-state index is 11.2. The number of rotatable bonds is 6. The molecule has 16 heavy (non-hydrogen) atoms. The molecule has 2 N–H and O–H groups in total. The first-order valence-corrected chi connectivity index (χ1v) is 6.06. The molecular formula is C11H16BrNO3. The van der Waals surface area contributed by atoms with Crippen LogP contribution in [0.4, 0.5) is 0 Å². The third-order valence-corrected chi connectivity index (χ3v) is 3.27. The molecule has 4 nitrogen and oxygen atoms in total. The summed E-state index contributed by atoms with van der Waals surface area (Å²) in [6.45, 7) is 4.14. The van der Waals surface area contributed by atoms with Crippen molar-refractivity contribution in [1.29, 1.82) is 0 Å². The Morgan fingerprint density at radius 3 is 2.50 bits per heavy atom. The first-order chi connectivity index (χ1) is 7.54. The third-order valence-electron chi connectivity index (χ3n) is 2.85. The summed E-state index contributed by atoms with van der Waals surface area (Å²) < 4.78 is 5.96. The van der Waals surface area contributed by atoms with Crippen LogP contribution in [0.5, 0.6) is 0 Å². The van der Waals surface area contributed by atoms with Crippen molar-refractivity contribution in [1.82, 2.24) is 5.32 Å². The number of nitrogens with one attached hydrogen (secondary N) is 1. The second-order valence-electron chi connectivity index (χ2n) is 3.65. The Kier molecular flexibility index (Phi) is 4.56. The number of aliphatic carboxylic acids is 1. The van der Waals surface area contributed by atoms with Gasteiger partial charge in [-0.15, -0.1) is 0 Å². The number of hydrogen-bond donors (Lipinski definition) is 2. The van der Waals surface area contributed by atoms with E-state index in [1.54, 1.807) is 6.07 Å². The van der Waals surface area contributed by atoms with Crippen LogP contribution in [0.25, 0.3) is 0 Å². The Balaban J connectivity index is 2.67. The molecule has 0 saturated carbocycles. The fourth-order valence-corrected chi connectivity index (χ4v) is 1.92. The fraction of sp³-hybridized carbons (Fsp3) is 0.545. The van der Waals surface area contributed by atoms with Crippen molar-refractivity contribution in [3.05, 3.63) is 22.6 Å². The molecule has 1 heterocycles. The lowest BCUT2D eigenvalue weighted by atomic mass is 9.93. The summed E-state index contributed by atoms with van der Waals surface area (Å²) >= 11 is 3.20. The van der Waals surface area contributed by atoms with Crippen LogP contribution in [-0.4, -0.2) is 16.6 Å². The topological polar surface area (TPSA) is 62.5 Å². The van der Waals surface area contributed by atoms with Crippen molar-refractivity contribution in [2.24, 2.45) is 0 Å². The van der Waals surface area contributed by atoms with E-state index in [9.17, 15) is 9.90 Å². The highest BCUT2D eigenvalue weighted by atomic mass is 79.9. The molecule has 0 bridgehead atoms. The summed E-state index contributed by atoms with van der Waals surface area (Å²) in [5.41, 5.74) is -0.862. The van der Waals surface area contributed by atoms with Crippen molar-refractivity contribution >= 4 is 21.9 Å². The maximum Gasteiger partial charge on any atom is 0.323 e. The molecule has 0 amide bonds. The maximum absolute atomic E-state index is 11.2. The Morgan fingerprint density at radius 2 is 2.12 bits per heavy atom. The summed E-state index contributed by atoms with van der Waals surface area (Å²) in [6.07, 6.45) is 1.08. The van der Waals surface area contributed by atoms with Gasteiger partial charge >= 0.3 is 5.97 Å². The van der Waals surface area contributed by atoms with Crippen LogP contribution >= 0.6 is 15.9 Å². The predicted molar refractivity (Wildman–Crippen MR) is 64.2 cm³/mol. The van der Waals surface area contributed by atoms with Gasteiger partial charge in [0.05, 0.1) is 6.54 Å². The van der Waals surface area contributed by atoms with Crippen LogP contribution in [0.3, 0.4) is 0 Å². The van der Waals surface area contributed by atoms with E-state index in [0.29, 0.717) is 24.1 Å². The van der Waals surface area contributed by atoms with Gasteiger partial charge < -0.3 is 9.52 Å². The smallest absolute Gasteiger partial charge is 0.323 e. The lowest BCUT2D eigenvalue weighted by Gasteiger charge is -2.27. The van der Waals surface area contributed by atoms with Crippen LogP contribution in [0.2, 0.25) is 0 Å². The van der Waals surface area contributed by atoms with Gasteiger partial charge in [0, 0.05) is 0 Å². The zero-order valence-electron chi connectivity index (χ0n) is 9.42. The van der Waals surface area contributed by atoms with Gasteiger partial charge in [-0.1, -0.05) is 13.8 Å². The lowest BCUT2D eigenvalue weighted by molar-refractivity contribution is -0.145. The zero-order chi connectivity index (χ0) is 12.2. The molecule has 0 radical (unpaired) electrons. The van der Waals surface area contributed by atoms with Crippen molar-refractivity contribution in [2.75, 3.05) is 0 Å². The molecule has 0 aromatic carbocycles. The van der Waals surface area contributed by atoms with Gasteiger partial charge in [-0.2, -0.15) is 0 Å². The molecule has 1 aromatic heterocycles. The number of furan rings is 1. The number of hydrogen-bond acceptors (Lipinski definition) is 3. The minimum absolute atomic E-state index is 0.416. The number of carboxylic acids is 1. The van der Waals surface area contributed by atoms with Crippen molar-refractivity contribution in [3.63, 3.8) is 0 Å². The van der Waals surface area contributed by atoms with E-state index in [-0.39, 0.29) is 0 Å². The SMILES string of the molecule is CCC(CC)(NCc1ccc(Br)o1)C(=O)O. The molecule has 0 fully saturated rings. The van der Waals surface area contributed by atoms with Crippen LogP contribution in [0.1, 0.15) is 32.4 Å². The molecule has 0 atom stereocenters. The Bertz CT molecular complexity index is 358. The summed E-state index contributed by atoms with van der Waals surface area (Å²) in [7, 11) is 0. The number of halogens is 1. The molecular weight excluding hydrogens is 274 g/mol.